The van der Waals surface area contributed by atoms with E-state index in [2.05, 4.69) is 21.7 Å². The molecular weight excluding hydrogens is 519 g/mol. The van der Waals surface area contributed by atoms with Gasteiger partial charge in [0.1, 0.15) is 5.75 Å². The van der Waals surface area contributed by atoms with Crippen molar-refractivity contribution in [3.05, 3.63) is 64.4 Å². The maximum atomic E-state index is 12.4. The Kier molecular flexibility index (Phi) is 9.75. The molecule has 0 unspecified atom stereocenters. The van der Waals surface area contributed by atoms with Gasteiger partial charge < -0.3 is 20.4 Å². The molecule has 3 N–H and O–H groups in total. The molecule has 2 heterocycles. The van der Waals surface area contributed by atoms with Crippen molar-refractivity contribution >= 4 is 57.4 Å². The van der Waals surface area contributed by atoms with Crippen molar-refractivity contribution in [2.24, 2.45) is 0 Å². The summed E-state index contributed by atoms with van der Waals surface area (Å²) in [6, 6.07) is 12.0. The lowest BCUT2D eigenvalue weighted by Gasteiger charge is -2.22. The third-order valence-corrected chi connectivity index (χ3v) is 7.53. The summed E-state index contributed by atoms with van der Waals surface area (Å²) < 4.78 is 5.34. The molecule has 0 saturated carbocycles. The highest BCUT2D eigenvalue weighted by atomic mass is 35.5. The van der Waals surface area contributed by atoms with Gasteiger partial charge in [0, 0.05) is 58.4 Å². The van der Waals surface area contributed by atoms with E-state index in [1.165, 1.54) is 35.3 Å². The summed E-state index contributed by atoms with van der Waals surface area (Å²) in [7, 11) is 1.67. The maximum absolute atomic E-state index is 12.4. The number of ether oxygens (including phenoxy) is 1. The van der Waals surface area contributed by atoms with Crippen molar-refractivity contribution in [3.8, 4) is 5.75 Å². The number of fused-ring (bicyclic) bond motifs is 3. The lowest BCUT2D eigenvalue weighted by Crippen LogP contribution is -2.25. The number of unbranched alkanes of at least 4 members (excludes halogenated alkanes) is 2. The topological polar surface area (TPSA) is 79.0 Å². The molecule has 0 radical (unpaired) electrons. The van der Waals surface area contributed by atoms with Gasteiger partial charge in [-0.25, -0.2) is 0 Å². The molecule has 8 heteroatoms. The van der Waals surface area contributed by atoms with E-state index in [4.69, 9.17) is 21.3 Å². The zero-order valence-electron chi connectivity index (χ0n) is 21.9. The molecule has 1 amide bonds. The largest absolute Gasteiger partial charge is 0.497 e. The van der Waals surface area contributed by atoms with E-state index >= 15 is 0 Å². The fourth-order valence-corrected chi connectivity index (χ4v) is 5.48. The van der Waals surface area contributed by atoms with Crippen LogP contribution in [-0.4, -0.2) is 36.1 Å². The van der Waals surface area contributed by atoms with Crippen LogP contribution in [0.15, 0.2) is 42.6 Å². The zero-order valence-corrected chi connectivity index (χ0v) is 23.4. The first kappa shape index (κ1) is 28.1. The first-order valence-electron chi connectivity index (χ1n) is 13.4. The summed E-state index contributed by atoms with van der Waals surface area (Å²) >= 11 is 6.23. The number of H-pyrrole nitrogens is 1. The number of benzene rings is 2. The Morgan fingerprint density at radius 1 is 1.05 bits per heavy atom. The molecule has 202 valence electrons. The average molecular weight is 556 g/mol. The second-order valence-electron chi connectivity index (χ2n) is 9.84. The number of aryl methyl sites for hydroxylation is 1. The summed E-state index contributed by atoms with van der Waals surface area (Å²) in [5.74, 6) is 0.963. The summed E-state index contributed by atoms with van der Waals surface area (Å²) in [6.07, 6.45) is 10.8. The number of halogens is 2. The normalized spacial score (nSPS) is 12.7. The number of methoxy groups -OCH3 is 1. The number of nitrogens with zero attached hydrogens (tertiary/aromatic N) is 1. The van der Waals surface area contributed by atoms with Gasteiger partial charge in [-0.1, -0.05) is 18.0 Å². The van der Waals surface area contributed by atoms with E-state index in [9.17, 15) is 4.79 Å². The van der Waals surface area contributed by atoms with Gasteiger partial charge in [-0.05, 0) is 92.5 Å². The lowest BCUT2D eigenvalue weighted by molar-refractivity contribution is -0.121. The van der Waals surface area contributed by atoms with Crippen LogP contribution in [0.4, 0.5) is 5.69 Å². The third-order valence-electron chi connectivity index (χ3n) is 7.30. The monoisotopic (exact) mass is 554 g/mol. The van der Waals surface area contributed by atoms with Crippen molar-refractivity contribution in [1.82, 2.24) is 15.3 Å². The number of carbonyl (C=O) groups excluding carboxylic acids is 1. The Morgan fingerprint density at radius 2 is 1.92 bits per heavy atom. The molecule has 38 heavy (non-hydrogen) atoms. The van der Waals surface area contributed by atoms with Crippen LogP contribution in [0.5, 0.6) is 5.75 Å². The van der Waals surface area contributed by atoms with E-state index in [0.29, 0.717) is 13.0 Å². The van der Waals surface area contributed by atoms with Crippen molar-refractivity contribution < 1.29 is 9.53 Å². The highest BCUT2D eigenvalue weighted by Gasteiger charge is 2.18. The molecule has 0 saturated heterocycles. The molecule has 0 fully saturated rings. The highest BCUT2D eigenvalue weighted by Crippen LogP contribution is 2.34. The summed E-state index contributed by atoms with van der Waals surface area (Å²) in [5.41, 5.74) is 7.05. The van der Waals surface area contributed by atoms with Gasteiger partial charge in [0.05, 0.1) is 12.6 Å². The first-order chi connectivity index (χ1) is 18.1. The van der Waals surface area contributed by atoms with Crippen LogP contribution in [-0.2, 0) is 24.1 Å². The molecule has 0 bridgehead atoms. The second-order valence-corrected chi connectivity index (χ2v) is 10.3. The van der Waals surface area contributed by atoms with Gasteiger partial charge in [-0.15, -0.1) is 12.4 Å². The third kappa shape index (κ3) is 6.54. The Balaban J connectivity index is 0.00000336. The molecule has 5 rings (SSSR count). The van der Waals surface area contributed by atoms with E-state index in [1.54, 1.807) is 7.11 Å². The number of anilines is 1. The Hall–Kier alpha value is -2.96. The van der Waals surface area contributed by atoms with Gasteiger partial charge in [0.25, 0.3) is 0 Å². The second kappa shape index (κ2) is 13.2. The molecular formula is C30H36Cl2N4O2. The van der Waals surface area contributed by atoms with Crippen LogP contribution < -0.4 is 15.4 Å². The smallest absolute Gasteiger partial charge is 0.220 e. The van der Waals surface area contributed by atoms with Crippen molar-refractivity contribution in [2.45, 2.75) is 57.8 Å². The van der Waals surface area contributed by atoms with E-state index in [1.807, 2.05) is 36.5 Å². The summed E-state index contributed by atoms with van der Waals surface area (Å²) in [4.78, 5) is 20.5. The Labute approximate surface area is 235 Å². The standard InChI is InChI=1S/C30H35ClN4O2.ClH/c1-37-22-11-13-26-25(18-22)20(19-34-26)14-16-32-29(36)9-3-2-6-15-33-30-23-7-4-5-8-27(23)35-28-17-21(31)10-12-24(28)30;/h10-13,17-19,34H,2-9,14-16H2,1H3,(H,32,36)(H,33,35);1H. The van der Waals surface area contributed by atoms with Gasteiger partial charge >= 0.3 is 0 Å². The van der Waals surface area contributed by atoms with Crippen molar-refractivity contribution in [1.29, 1.82) is 0 Å². The number of aromatic nitrogens is 2. The lowest BCUT2D eigenvalue weighted by atomic mass is 9.92. The molecule has 4 aromatic rings. The Morgan fingerprint density at radius 3 is 2.79 bits per heavy atom. The SMILES string of the molecule is COc1ccc2[nH]cc(CCNC(=O)CCCCCNc3c4c(nc5cc(Cl)ccc35)CCCC4)c2c1.Cl. The van der Waals surface area contributed by atoms with Gasteiger partial charge in [-0.2, -0.15) is 0 Å². The average Bonchev–Trinajstić information content (AvgIpc) is 3.31. The number of amides is 1. The molecule has 0 aliphatic heterocycles. The zero-order chi connectivity index (χ0) is 25.6. The van der Waals surface area contributed by atoms with Crippen molar-refractivity contribution in [2.75, 3.05) is 25.5 Å². The van der Waals surface area contributed by atoms with Crippen LogP contribution in [0, 0.1) is 0 Å². The van der Waals surface area contributed by atoms with Crippen LogP contribution in [0.2, 0.25) is 5.02 Å². The minimum atomic E-state index is 0. The Bertz CT molecular complexity index is 1400. The van der Waals surface area contributed by atoms with Gasteiger partial charge in [0.15, 0.2) is 0 Å². The van der Waals surface area contributed by atoms with Crippen LogP contribution in [0.3, 0.4) is 0 Å². The summed E-state index contributed by atoms with van der Waals surface area (Å²) in [6.45, 7) is 1.52. The maximum Gasteiger partial charge on any atom is 0.220 e. The molecule has 2 aromatic heterocycles. The number of hydrogen-bond acceptors (Lipinski definition) is 4. The minimum Gasteiger partial charge on any atom is -0.497 e. The molecule has 0 spiro atoms. The fraction of sp³-hybridized carbons (Fsp3) is 0.400. The first-order valence-corrected chi connectivity index (χ1v) is 13.8. The van der Waals surface area contributed by atoms with Gasteiger partial charge in [-0.3, -0.25) is 9.78 Å². The number of nitrogens with one attached hydrogen (secondary N) is 3. The molecule has 1 aliphatic carbocycles. The number of aromatic amines is 1. The predicted octanol–water partition coefficient (Wildman–Crippen LogP) is 7.01. The minimum absolute atomic E-state index is 0. The number of carbonyl (C=O) groups is 1. The van der Waals surface area contributed by atoms with E-state index < -0.39 is 0 Å². The number of pyridine rings is 1. The predicted molar refractivity (Wildman–Crippen MR) is 159 cm³/mol. The molecule has 6 nitrogen and oxygen atoms in total. The quantitative estimate of drug-likeness (QED) is 0.174. The van der Waals surface area contributed by atoms with E-state index in [0.717, 1.165) is 77.6 Å². The van der Waals surface area contributed by atoms with Crippen LogP contribution >= 0.6 is 24.0 Å². The number of hydrogen-bond donors (Lipinski definition) is 3. The van der Waals surface area contributed by atoms with Crippen molar-refractivity contribution in [3.63, 3.8) is 0 Å². The van der Waals surface area contributed by atoms with Crippen LogP contribution in [0.25, 0.3) is 21.8 Å². The molecule has 2 aromatic carbocycles. The van der Waals surface area contributed by atoms with E-state index in [-0.39, 0.29) is 18.3 Å². The van der Waals surface area contributed by atoms with Gasteiger partial charge in [0.2, 0.25) is 5.91 Å². The fourth-order valence-electron chi connectivity index (χ4n) is 5.32. The molecule has 1 aliphatic rings. The molecule has 0 atom stereocenters. The number of rotatable bonds is 11. The summed E-state index contributed by atoms with van der Waals surface area (Å²) in [5, 5.41) is 9.79. The highest BCUT2D eigenvalue weighted by molar-refractivity contribution is 6.31. The van der Waals surface area contributed by atoms with Crippen LogP contribution in [0.1, 0.15) is 55.3 Å².